The molecule has 0 unspecified atom stereocenters. The van der Waals surface area contributed by atoms with E-state index in [9.17, 15) is 4.79 Å². The molecule has 0 saturated carbocycles. The summed E-state index contributed by atoms with van der Waals surface area (Å²) in [5.41, 5.74) is 1.22. The largest absolute Gasteiger partial charge is 0.353 e. The highest BCUT2D eigenvalue weighted by Crippen LogP contribution is 2.34. The molecule has 2 heterocycles. The van der Waals surface area contributed by atoms with Crippen LogP contribution in [0.4, 0.5) is 0 Å². The van der Waals surface area contributed by atoms with E-state index in [1.54, 1.807) is 17.7 Å². The van der Waals surface area contributed by atoms with Crippen molar-refractivity contribution < 1.29 is 4.79 Å². The summed E-state index contributed by atoms with van der Waals surface area (Å²) >= 11 is 3.18. The predicted octanol–water partition coefficient (Wildman–Crippen LogP) is 4.73. The first-order chi connectivity index (χ1) is 11.4. The van der Waals surface area contributed by atoms with Gasteiger partial charge in [0.2, 0.25) is 5.91 Å². The number of nitrogens with one attached hydrogen (secondary N) is 1. The summed E-state index contributed by atoms with van der Waals surface area (Å²) in [6.07, 6.45) is 5.00. The van der Waals surface area contributed by atoms with Gasteiger partial charge in [-0.25, -0.2) is 9.97 Å². The Kier molecular flexibility index (Phi) is 7.04. The highest BCUT2D eigenvalue weighted by Gasteiger charge is 2.14. The van der Waals surface area contributed by atoms with Crippen molar-refractivity contribution in [1.29, 1.82) is 0 Å². The first-order valence-corrected chi connectivity index (χ1v) is 10.3. The molecule has 132 valence electrons. The lowest BCUT2D eigenvalue weighted by Crippen LogP contribution is -2.33. The molecule has 0 aromatic carbocycles. The van der Waals surface area contributed by atoms with E-state index in [1.165, 1.54) is 28.6 Å². The van der Waals surface area contributed by atoms with Gasteiger partial charge < -0.3 is 5.32 Å². The Bertz CT molecular complexity index is 697. The van der Waals surface area contributed by atoms with Crippen LogP contribution < -0.4 is 5.32 Å². The second-order valence-electron chi connectivity index (χ2n) is 6.72. The fourth-order valence-corrected chi connectivity index (χ4v) is 4.54. The van der Waals surface area contributed by atoms with Crippen LogP contribution in [0.3, 0.4) is 0 Å². The SMILES string of the molecule is Cc1sc2ncnc(SCC(=O)N[C@H](C)CCCC(C)C)c2c1C. The lowest BCUT2D eigenvalue weighted by atomic mass is 10.0. The average molecular weight is 366 g/mol. The van der Waals surface area contributed by atoms with Gasteiger partial charge in [0.1, 0.15) is 16.2 Å². The molecular formula is C18H27N3OS2. The lowest BCUT2D eigenvalue weighted by molar-refractivity contribution is -0.119. The average Bonchev–Trinajstić information content (AvgIpc) is 2.80. The van der Waals surface area contributed by atoms with E-state index < -0.39 is 0 Å². The summed E-state index contributed by atoms with van der Waals surface area (Å²) in [6, 6.07) is 0.229. The fraction of sp³-hybridized carbons (Fsp3) is 0.611. The van der Waals surface area contributed by atoms with Crippen molar-refractivity contribution in [3.8, 4) is 0 Å². The Balaban J connectivity index is 1.88. The number of aryl methyl sites for hydroxylation is 2. The van der Waals surface area contributed by atoms with Crippen LogP contribution in [-0.4, -0.2) is 27.7 Å². The number of carbonyl (C=O) groups is 1. The molecule has 0 fully saturated rings. The third kappa shape index (κ3) is 5.18. The Morgan fingerprint density at radius 2 is 2.00 bits per heavy atom. The summed E-state index contributed by atoms with van der Waals surface area (Å²) in [5, 5.41) is 5.10. The molecule has 1 N–H and O–H groups in total. The zero-order chi connectivity index (χ0) is 17.7. The molecule has 0 spiro atoms. The number of rotatable bonds is 8. The van der Waals surface area contributed by atoms with Gasteiger partial charge in [0.15, 0.2) is 0 Å². The molecule has 0 saturated heterocycles. The molecule has 2 aromatic heterocycles. The van der Waals surface area contributed by atoms with Crippen molar-refractivity contribution in [2.45, 2.75) is 64.9 Å². The number of fused-ring (bicyclic) bond motifs is 1. The minimum absolute atomic E-state index is 0.0772. The maximum Gasteiger partial charge on any atom is 0.230 e. The van der Waals surface area contributed by atoms with Gasteiger partial charge in [-0.2, -0.15) is 0 Å². The topological polar surface area (TPSA) is 54.9 Å². The first-order valence-electron chi connectivity index (χ1n) is 8.51. The van der Waals surface area contributed by atoms with Crippen molar-refractivity contribution in [3.05, 3.63) is 16.8 Å². The minimum Gasteiger partial charge on any atom is -0.353 e. The van der Waals surface area contributed by atoms with Gasteiger partial charge >= 0.3 is 0 Å². The standard InChI is InChI=1S/C18H27N3OS2/c1-11(2)7-6-8-12(3)21-15(22)9-23-17-16-13(4)14(5)24-18(16)20-10-19-17/h10-12H,6-9H2,1-5H3,(H,21,22)/t12-/m1/s1. The number of carbonyl (C=O) groups excluding carboxylic acids is 1. The van der Waals surface area contributed by atoms with Gasteiger partial charge in [-0.1, -0.05) is 38.5 Å². The molecule has 4 nitrogen and oxygen atoms in total. The molecular weight excluding hydrogens is 338 g/mol. The highest BCUT2D eigenvalue weighted by atomic mass is 32.2. The number of amides is 1. The highest BCUT2D eigenvalue weighted by molar-refractivity contribution is 8.00. The minimum atomic E-state index is 0.0772. The molecule has 2 aromatic rings. The van der Waals surface area contributed by atoms with Gasteiger partial charge in [-0.3, -0.25) is 4.79 Å². The molecule has 0 bridgehead atoms. The van der Waals surface area contributed by atoms with Gasteiger partial charge in [0.25, 0.3) is 0 Å². The number of nitrogens with zero attached hydrogens (tertiary/aromatic N) is 2. The third-order valence-electron chi connectivity index (χ3n) is 4.10. The molecule has 24 heavy (non-hydrogen) atoms. The smallest absolute Gasteiger partial charge is 0.230 e. The van der Waals surface area contributed by atoms with Gasteiger partial charge in [-0.15, -0.1) is 11.3 Å². The Morgan fingerprint density at radius 1 is 1.25 bits per heavy atom. The van der Waals surface area contributed by atoms with Crippen LogP contribution in [0.15, 0.2) is 11.4 Å². The number of thioether (sulfide) groups is 1. The number of hydrogen-bond donors (Lipinski definition) is 1. The fourth-order valence-electron chi connectivity index (χ4n) is 2.61. The first kappa shape index (κ1) is 19.2. The summed E-state index contributed by atoms with van der Waals surface area (Å²) < 4.78 is 0. The van der Waals surface area contributed by atoms with Crippen molar-refractivity contribution in [2.75, 3.05) is 5.75 Å². The van der Waals surface area contributed by atoms with Gasteiger partial charge in [-0.05, 0) is 38.7 Å². The third-order valence-corrected chi connectivity index (χ3v) is 6.20. The molecule has 1 amide bonds. The summed E-state index contributed by atoms with van der Waals surface area (Å²) in [4.78, 5) is 23.2. The van der Waals surface area contributed by atoms with Gasteiger partial charge in [0.05, 0.1) is 5.75 Å². The lowest BCUT2D eigenvalue weighted by Gasteiger charge is -2.14. The zero-order valence-corrected chi connectivity index (χ0v) is 16.8. The number of aromatic nitrogens is 2. The van der Waals surface area contributed by atoms with E-state index in [2.05, 4.69) is 49.9 Å². The van der Waals surface area contributed by atoms with E-state index >= 15 is 0 Å². The van der Waals surface area contributed by atoms with Crippen LogP contribution in [0.5, 0.6) is 0 Å². The molecule has 0 aliphatic heterocycles. The van der Waals surface area contributed by atoms with Gasteiger partial charge in [0, 0.05) is 16.3 Å². The van der Waals surface area contributed by atoms with Crippen LogP contribution in [-0.2, 0) is 4.79 Å². The van der Waals surface area contributed by atoms with E-state index in [-0.39, 0.29) is 11.9 Å². The van der Waals surface area contributed by atoms with Crippen LogP contribution in [0, 0.1) is 19.8 Å². The molecule has 2 rings (SSSR count). The van der Waals surface area contributed by atoms with Crippen molar-refractivity contribution in [3.63, 3.8) is 0 Å². The summed E-state index contributed by atoms with van der Waals surface area (Å²) in [6.45, 7) is 10.7. The van der Waals surface area contributed by atoms with Crippen LogP contribution >= 0.6 is 23.1 Å². The maximum absolute atomic E-state index is 12.2. The molecule has 0 aliphatic carbocycles. The van der Waals surface area contributed by atoms with Crippen LogP contribution in [0.25, 0.3) is 10.2 Å². The Labute approximate surface area is 152 Å². The maximum atomic E-state index is 12.2. The molecule has 1 atom stereocenters. The molecule has 0 radical (unpaired) electrons. The quantitative estimate of drug-likeness (QED) is 0.543. The van der Waals surface area contributed by atoms with E-state index in [0.717, 1.165) is 34.0 Å². The Hall–Kier alpha value is -1.14. The summed E-state index contributed by atoms with van der Waals surface area (Å²) in [7, 11) is 0. The predicted molar refractivity (Wildman–Crippen MR) is 104 cm³/mol. The van der Waals surface area contributed by atoms with Crippen molar-refractivity contribution in [1.82, 2.24) is 15.3 Å². The monoisotopic (exact) mass is 365 g/mol. The van der Waals surface area contributed by atoms with Crippen LogP contribution in [0.2, 0.25) is 0 Å². The number of hydrogen-bond acceptors (Lipinski definition) is 5. The van der Waals surface area contributed by atoms with Crippen molar-refractivity contribution in [2.24, 2.45) is 5.92 Å². The normalized spacial score (nSPS) is 12.8. The van der Waals surface area contributed by atoms with Crippen molar-refractivity contribution >= 4 is 39.2 Å². The second kappa shape index (κ2) is 8.81. The van der Waals surface area contributed by atoms with E-state index in [4.69, 9.17) is 0 Å². The molecule has 6 heteroatoms. The second-order valence-corrected chi connectivity index (χ2v) is 8.89. The molecule has 0 aliphatic rings. The van der Waals surface area contributed by atoms with E-state index in [0.29, 0.717) is 5.75 Å². The zero-order valence-electron chi connectivity index (χ0n) is 15.2. The number of thiophene rings is 1. The summed E-state index contributed by atoms with van der Waals surface area (Å²) in [5.74, 6) is 1.20. The van der Waals surface area contributed by atoms with Crippen LogP contribution in [0.1, 0.15) is 50.5 Å². The van der Waals surface area contributed by atoms with E-state index in [1.807, 2.05) is 0 Å². The Morgan fingerprint density at radius 3 is 2.71 bits per heavy atom.